The van der Waals surface area contributed by atoms with Crippen molar-refractivity contribution in [2.45, 2.75) is 48.6 Å². The van der Waals surface area contributed by atoms with Gasteiger partial charge in [-0.3, -0.25) is 19.2 Å². The second-order valence-corrected chi connectivity index (χ2v) is 9.96. The molecule has 1 aliphatic heterocycles. The Bertz CT molecular complexity index is 1020. The first-order chi connectivity index (χ1) is 15.8. The van der Waals surface area contributed by atoms with Crippen LogP contribution in [0.2, 0.25) is 0 Å². The topological polar surface area (TPSA) is 96.0 Å². The molecule has 0 aliphatic carbocycles. The van der Waals surface area contributed by atoms with E-state index in [9.17, 15) is 19.2 Å². The fourth-order valence-electron chi connectivity index (χ4n) is 3.44. The lowest BCUT2D eigenvalue weighted by Gasteiger charge is -2.40. The lowest BCUT2D eigenvalue weighted by molar-refractivity contribution is -0.180. The van der Waals surface area contributed by atoms with Crippen LogP contribution in [-0.2, 0) is 28.6 Å². The summed E-state index contributed by atoms with van der Waals surface area (Å²) in [7, 11) is 0. The van der Waals surface area contributed by atoms with Crippen LogP contribution >= 0.6 is 23.5 Å². The number of hydrogen-bond donors (Lipinski definition) is 0. The Hall–Kier alpha value is -2.78. The Morgan fingerprint density at radius 1 is 0.788 bits per heavy atom. The van der Waals surface area contributed by atoms with E-state index >= 15 is 0 Å². The van der Waals surface area contributed by atoms with Gasteiger partial charge in [-0.1, -0.05) is 42.5 Å². The summed E-state index contributed by atoms with van der Waals surface area (Å²) < 4.78 is 15.9. The van der Waals surface area contributed by atoms with Crippen LogP contribution in [0.1, 0.15) is 36.7 Å². The minimum atomic E-state index is -0.967. The van der Waals surface area contributed by atoms with E-state index in [1.807, 2.05) is 18.2 Å². The molecule has 0 bridgehead atoms. The van der Waals surface area contributed by atoms with E-state index < -0.39 is 40.8 Å². The summed E-state index contributed by atoms with van der Waals surface area (Å²) in [6, 6.07) is 16.1. The molecule has 0 N–H and O–H groups in total. The number of thioether (sulfide) groups is 2. The Morgan fingerprint density at radius 3 is 2.00 bits per heavy atom. The smallest absolute Gasteiger partial charge is 0.303 e. The van der Waals surface area contributed by atoms with E-state index in [1.54, 1.807) is 36.4 Å². The number of rotatable bonds is 7. The molecule has 0 saturated carbocycles. The third-order valence-electron chi connectivity index (χ3n) is 4.72. The van der Waals surface area contributed by atoms with Crippen LogP contribution in [-0.4, -0.2) is 52.3 Å². The molecular weight excluding hydrogens is 464 g/mol. The van der Waals surface area contributed by atoms with E-state index in [2.05, 4.69) is 0 Å². The molecule has 2 aromatic rings. The van der Waals surface area contributed by atoms with Crippen molar-refractivity contribution in [3.05, 3.63) is 65.7 Å². The zero-order valence-electron chi connectivity index (χ0n) is 18.4. The van der Waals surface area contributed by atoms with Crippen molar-refractivity contribution in [3.8, 4) is 0 Å². The fourth-order valence-corrected chi connectivity index (χ4v) is 6.33. The van der Waals surface area contributed by atoms with E-state index in [-0.39, 0.29) is 5.78 Å². The molecule has 1 fully saturated rings. The Morgan fingerprint density at radius 2 is 1.36 bits per heavy atom. The van der Waals surface area contributed by atoms with E-state index in [4.69, 9.17) is 14.2 Å². The lowest BCUT2D eigenvalue weighted by atomic mass is 10.0. The summed E-state index contributed by atoms with van der Waals surface area (Å²) in [5.74, 6) is -1.45. The van der Waals surface area contributed by atoms with Crippen molar-refractivity contribution in [2.24, 2.45) is 0 Å². The highest BCUT2D eigenvalue weighted by Crippen LogP contribution is 2.43. The third kappa shape index (κ3) is 6.61. The predicted octanol–water partition coefficient (Wildman–Crippen LogP) is 3.88. The van der Waals surface area contributed by atoms with Gasteiger partial charge in [0, 0.05) is 42.5 Å². The Balaban J connectivity index is 1.92. The lowest BCUT2D eigenvalue weighted by Crippen LogP contribution is -2.53. The molecule has 0 radical (unpaired) electrons. The van der Waals surface area contributed by atoms with Crippen LogP contribution in [0.15, 0.2) is 59.5 Å². The summed E-state index contributed by atoms with van der Waals surface area (Å²) in [5, 5.41) is 0. The highest BCUT2D eigenvalue weighted by molar-refractivity contribution is 8.17. The Labute approximate surface area is 200 Å². The van der Waals surface area contributed by atoms with Gasteiger partial charge in [-0.05, 0) is 12.1 Å². The van der Waals surface area contributed by atoms with Crippen molar-refractivity contribution in [3.63, 3.8) is 0 Å². The highest BCUT2D eigenvalue weighted by atomic mass is 32.2. The van der Waals surface area contributed by atoms with Crippen LogP contribution in [0.25, 0.3) is 0 Å². The number of carbonyl (C=O) groups is 4. The quantitative estimate of drug-likeness (QED) is 0.327. The van der Waals surface area contributed by atoms with Gasteiger partial charge in [0.25, 0.3) is 0 Å². The first kappa shape index (κ1) is 24.9. The van der Waals surface area contributed by atoms with E-state index in [1.165, 1.54) is 44.3 Å². The molecule has 1 saturated heterocycles. The number of benzene rings is 2. The van der Waals surface area contributed by atoms with Gasteiger partial charge in [-0.25, -0.2) is 0 Å². The van der Waals surface area contributed by atoms with Gasteiger partial charge in [0.05, 0.1) is 4.58 Å². The van der Waals surface area contributed by atoms with Crippen LogP contribution in [0.5, 0.6) is 0 Å². The van der Waals surface area contributed by atoms with Crippen LogP contribution in [0.4, 0.5) is 0 Å². The SMILES string of the molecule is CC(=O)O[C@@H]1[C@@H](OC(C)=O)[C@H](Sc2ccccc2C(=O)c2ccccc2)SC[C@H]1OC(C)=O. The molecule has 9 heteroatoms. The van der Waals surface area contributed by atoms with Gasteiger partial charge in [0.1, 0.15) is 0 Å². The molecule has 0 spiro atoms. The second-order valence-electron chi connectivity index (χ2n) is 7.31. The number of ketones is 1. The fraction of sp³-hybridized carbons (Fsp3) is 0.333. The summed E-state index contributed by atoms with van der Waals surface area (Å²) >= 11 is 2.76. The first-order valence-electron chi connectivity index (χ1n) is 10.2. The van der Waals surface area contributed by atoms with Crippen LogP contribution in [0, 0.1) is 0 Å². The minimum Gasteiger partial charge on any atom is -0.458 e. The second kappa shape index (κ2) is 11.4. The molecule has 0 aromatic heterocycles. The molecule has 7 nitrogen and oxygen atoms in total. The maximum atomic E-state index is 13.1. The summed E-state index contributed by atoms with van der Waals surface area (Å²) in [5.41, 5.74) is 1.08. The number of carbonyl (C=O) groups excluding carboxylic acids is 4. The average molecular weight is 489 g/mol. The number of ether oxygens (including phenoxy) is 3. The van der Waals surface area contributed by atoms with Crippen molar-refractivity contribution >= 4 is 47.2 Å². The van der Waals surface area contributed by atoms with Crippen LogP contribution in [0.3, 0.4) is 0 Å². The number of esters is 3. The molecule has 0 unspecified atom stereocenters. The van der Waals surface area contributed by atoms with Gasteiger partial charge >= 0.3 is 17.9 Å². The standard InChI is InChI=1S/C24H24O7S2/c1-14(25)29-19-13-32-24(23(31-16(3)27)22(19)30-15(2)26)33-20-12-8-7-11-18(20)21(28)17-9-5-4-6-10-17/h4-12,19,22-24H,13H2,1-3H3/t19-,22+,23-,24+/m1/s1. The molecule has 1 aliphatic rings. The zero-order chi connectivity index (χ0) is 24.0. The summed E-state index contributed by atoms with van der Waals surface area (Å²) in [4.78, 5) is 49.1. The Kier molecular flexibility index (Phi) is 8.57. The normalized spacial score (nSPS) is 22.2. The maximum absolute atomic E-state index is 13.1. The molecule has 4 atom stereocenters. The molecular formula is C24H24O7S2. The van der Waals surface area contributed by atoms with E-state index in [0.717, 1.165) is 0 Å². The zero-order valence-corrected chi connectivity index (χ0v) is 20.0. The summed E-state index contributed by atoms with van der Waals surface area (Å²) in [6.45, 7) is 3.77. The average Bonchev–Trinajstić information content (AvgIpc) is 2.77. The predicted molar refractivity (Wildman–Crippen MR) is 125 cm³/mol. The van der Waals surface area contributed by atoms with Gasteiger partial charge in [-0.2, -0.15) is 0 Å². The molecule has 1 heterocycles. The van der Waals surface area contributed by atoms with E-state index in [0.29, 0.717) is 21.8 Å². The first-order valence-corrected chi connectivity index (χ1v) is 12.2. The largest absolute Gasteiger partial charge is 0.458 e. The molecule has 3 rings (SSSR count). The van der Waals surface area contributed by atoms with Gasteiger partial charge < -0.3 is 14.2 Å². The van der Waals surface area contributed by atoms with Crippen molar-refractivity contribution in [2.75, 3.05) is 5.75 Å². The van der Waals surface area contributed by atoms with Crippen molar-refractivity contribution < 1.29 is 33.4 Å². The maximum Gasteiger partial charge on any atom is 0.303 e. The monoisotopic (exact) mass is 488 g/mol. The summed E-state index contributed by atoms with van der Waals surface area (Å²) in [6.07, 6.45) is -2.62. The van der Waals surface area contributed by atoms with Crippen molar-refractivity contribution in [1.82, 2.24) is 0 Å². The number of hydrogen-bond acceptors (Lipinski definition) is 9. The van der Waals surface area contributed by atoms with Gasteiger partial charge in [0.2, 0.25) is 0 Å². The van der Waals surface area contributed by atoms with Crippen LogP contribution < -0.4 is 0 Å². The highest BCUT2D eigenvalue weighted by Gasteiger charge is 2.47. The van der Waals surface area contributed by atoms with Gasteiger partial charge in [0.15, 0.2) is 24.1 Å². The molecule has 33 heavy (non-hydrogen) atoms. The molecule has 0 amide bonds. The van der Waals surface area contributed by atoms with Gasteiger partial charge in [-0.15, -0.1) is 23.5 Å². The molecule has 2 aromatic carbocycles. The minimum absolute atomic E-state index is 0.127. The third-order valence-corrected chi connectivity index (χ3v) is 7.64. The van der Waals surface area contributed by atoms with Crippen molar-refractivity contribution in [1.29, 1.82) is 0 Å². The molecule has 174 valence electrons.